The van der Waals surface area contributed by atoms with Crippen LogP contribution in [0, 0.1) is 0 Å². The molecule has 2 rings (SSSR count). The van der Waals surface area contributed by atoms with E-state index in [0.29, 0.717) is 0 Å². The number of hydrogen-bond acceptors (Lipinski definition) is 5. The number of aryl methyl sites for hydroxylation is 1. The highest BCUT2D eigenvalue weighted by Crippen LogP contribution is 2.19. The third kappa shape index (κ3) is 1.58. The molecule has 0 aromatic carbocycles. The molecule has 0 aliphatic rings. The van der Waals surface area contributed by atoms with Gasteiger partial charge in [0.05, 0.1) is 17.7 Å². The first-order valence-corrected chi connectivity index (χ1v) is 4.65. The van der Waals surface area contributed by atoms with Crippen molar-refractivity contribution in [2.24, 2.45) is 12.8 Å². The van der Waals surface area contributed by atoms with Crippen molar-refractivity contribution >= 4 is 11.3 Å². The maximum Gasteiger partial charge on any atom is 0.105 e. The molecule has 0 radical (unpaired) electrons. The molecular weight excluding hydrogens is 186 g/mol. The molecule has 1 unspecified atom stereocenters. The van der Waals surface area contributed by atoms with E-state index in [-0.39, 0.29) is 6.04 Å². The molecule has 0 bridgehead atoms. The number of thiazole rings is 1. The Balaban J connectivity index is 2.28. The van der Waals surface area contributed by atoms with Crippen LogP contribution in [0.15, 0.2) is 17.9 Å². The number of nitrogens with zero attached hydrogens (tertiary/aromatic N) is 4. The van der Waals surface area contributed by atoms with Crippen LogP contribution >= 0.6 is 11.3 Å². The minimum absolute atomic E-state index is 0.207. The third-order valence-electron chi connectivity index (χ3n) is 1.70. The van der Waals surface area contributed by atoms with Crippen molar-refractivity contribution in [3.05, 3.63) is 28.5 Å². The quantitative estimate of drug-likeness (QED) is 0.749. The molecule has 0 saturated carbocycles. The van der Waals surface area contributed by atoms with E-state index in [1.165, 1.54) is 11.3 Å². The fourth-order valence-electron chi connectivity index (χ4n) is 1.03. The van der Waals surface area contributed by atoms with Crippen molar-refractivity contribution in [3.63, 3.8) is 0 Å². The van der Waals surface area contributed by atoms with Crippen LogP contribution in [-0.4, -0.2) is 20.0 Å². The summed E-state index contributed by atoms with van der Waals surface area (Å²) in [5.74, 6) is 0. The topological polar surface area (TPSA) is 69.6 Å². The van der Waals surface area contributed by atoms with Gasteiger partial charge in [0.25, 0.3) is 0 Å². The molecule has 68 valence electrons. The van der Waals surface area contributed by atoms with E-state index < -0.39 is 0 Å². The van der Waals surface area contributed by atoms with Gasteiger partial charge in [-0.1, -0.05) is 5.21 Å². The van der Waals surface area contributed by atoms with Gasteiger partial charge in [-0.2, -0.15) is 0 Å². The summed E-state index contributed by atoms with van der Waals surface area (Å²) in [5, 5.41) is 7.76. The largest absolute Gasteiger partial charge is 0.318 e. The van der Waals surface area contributed by atoms with E-state index in [1.807, 2.05) is 13.2 Å². The van der Waals surface area contributed by atoms with Crippen LogP contribution in [0.5, 0.6) is 0 Å². The molecule has 0 aliphatic heterocycles. The Labute approximate surface area is 79.2 Å². The summed E-state index contributed by atoms with van der Waals surface area (Å²) in [4.78, 5) is 4.96. The fourth-order valence-corrected chi connectivity index (χ4v) is 1.67. The van der Waals surface area contributed by atoms with Gasteiger partial charge >= 0.3 is 0 Å². The molecule has 0 fully saturated rings. The highest BCUT2D eigenvalue weighted by Gasteiger charge is 2.13. The highest BCUT2D eigenvalue weighted by atomic mass is 32.1. The minimum atomic E-state index is -0.207. The molecular formula is C7H9N5S. The van der Waals surface area contributed by atoms with Gasteiger partial charge in [-0.05, 0) is 0 Å². The molecule has 2 heterocycles. The van der Waals surface area contributed by atoms with E-state index in [4.69, 9.17) is 5.73 Å². The van der Waals surface area contributed by atoms with Gasteiger partial charge in [0.15, 0.2) is 0 Å². The maximum absolute atomic E-state index is 5.93. The lowest BCUT2D eigenvalue weighted by Crippen LogP contribution is -2.10. The lowest BCUT2D eigenvalue weighted by molar-refractivity contribution is 0.711. The molecule has 13 heavy (non-hydrogen) atoms. The van der Waals surface area contributed by atoms with E-state index in [1.54, 1.807) is 16.4 Å². The van der Waals surface area contributed by atoms with Crippen LogP contribution in [0.3, 0.4) is 0 Å². The van der Waals surface area contributed by atoms with Crippen molar-refractivity contribution in [1.82, 2.24) is 20.0 Å². The van der Waals surface area contributed by atoms with Gasteiger partial charge in [-0.3, -0.25) is 9.67 Å². The Bertz CT molecular complexity index is 379. The lowest BCUT2D eigenvalue weighted by Gasteiger charge is -2.02. The first-order chi connectivity index (χ1) is 6.27. The summed E-state index contributed by atoms with van der Waals surface area (Å²) in [7, 11) is 1.82. The van der Waals surface area contributed by atoms with Gasteiger partial charge in [-0.15, -0.1) is 16.4 Å². The number of aromatic nitrogens is 4. The van der Waals surface area contributed by atoms with Crippen molar-refractivity contribution in [3.8, 4) is 0 Å². The monoisotopic (exact) mass is 195 g/mol. The van der Waals surface area contributed by atoms with Crippen molar-refractivity contribution in [2.45, 2.75) is 6.04 Å². The summed E-state index contributed by atoms with van der Waals surface area (Å²) in [6.07, 6.45) is 3.56. The molecule has 1 atom stereocenters. The SMILES string of the molecule is Cn1cc(C(N)c2cncs2)nn1. The zero-order valence-electron chi connectivity index (χ0n) is 7.08. The second kappa shape index (κ2) is 3.23. The summed E-state index contributed by atoms with van der Waals surface area (Å²) >= 11 is 1.52. The van der Waals surface area contributed by atoms with Crippen molar-refractivity contribution < 1.29 is 0 Å². The summed E-state index contributed by atoms with van der Waals surface area (Å²) in [6.45, 7) is 0. The maximum atomic E-state index is 5.93. The minimum Gasteiger partial charge on any atom is -0.318 e. The Hall–Kier alpha value is -1.27. The Kier molecular flexibility index (Phi) is 2.07. The predicted molar refractivity (Wildman–Crippen MR) is 49.1 cm³/mol. The molecule has 2 N–H and O–H groups in total. The van der Waals surface area contributed by atoms with Crippen molar-refractivity contribution in [1.29, 1.82) is 0 Å². The zero-order valence-corrected chi connectivity index (χ0v) is 7.90. The van der Waals surface area contributed by atoms with Crippen molar-refractivity contribution in [2.75, 3.05) is 0 Å². The molecule has 0 spiro atoms. The highest BCUT2D eigenvalue weighted by molar-refractivity contribution is 7.09. The average molecular weight is 195 g/mol. The number of hydrogen-bond donors (Lipinski definition) is 1. The van der Waals surface area contributed by atoms with Crippen LogP contribution in [0.4, 0.5) is 0 Å². The molecule has 0 aliphatic carbocycles. The zero-order chi connectivity index (χ0) is 9.26. The Morgan fingerprint density at radius 2 is 2.46 bits per heavy atom. The van der Waals surface area contributed by atoms with Gasteiger partial charge in [-0.25, -0.2) is 0 Å². The van der Waals surface area contributed by atoms with Gasteiger partial charge < -0.3 is 5.73 Å². The molecule has 2 aromatic heterocycles. The van der Waals surface area contributed by atoms with E-state index in [0.717, 1.165) is 10.6 Å². The predicted octanol–water partition coefficient (Wildman–Crippen LogP) is 0.320. The van der Waals surface area contributed by atoms with Gasteiger partial charge in [0, 0.05) is 18.1 Å². The normalized spacial score (nSPS) is 13.1. The molecule has 0 amide bonds. The van der Waals surface area contributed by atoms with E-state index in [2.05, 4.69) is 15.3 Å². The van der Waals surface area contributed by atoms with Gasteiger partial charge in [0.1, 0.15) is 5.69 Å². The second-order valence-electron chi connectivity index (χ2n) is 2.70. The van der Waals surface area contributed by atoms with E-state index >= 15 is 0 Å². The third-order valence-corrected chi connectivity index (χ3v) is 2.56. The van der Waals surface area contributed by atoms with Crippen LogP contribution in [0.2, 0.25) is 0 Å². The van der Waals surface area contributed by atoms with E-state index in [9.17, 15) is 0 Å². The fraction of sp³-hybridized carbons (Fsp3) is 0.286. The molecule has 6 heteroatoms. The first-order valence-electron chi connectivity index (χ1n) is 3.77. The van der Waals surface area contributed by atoms with Crippen LogP contribution in [0.1, 0.15) is 16.6 Å². The Morgan fingerprint density at radius 3 is 3.00 bits per heavy atom. The molecule has 0 saturated heterocycles. The summed E-state index contributed by atoms with van der Waals surface area (Å²) < 4.78 is 1.64. The number of rotatable bonds is 2. The van der Waals surface area contributed by atoms with Crippen LogP contribution < -0.4 is 5.73 Å². The molecule has 2 aromatic rings. The Morgan fingerprint density at radius 1 is 1.62 bits per heavy atom. The standard InChI is InChI=1S/C7H9N5S/c1-12-3-5(10-11-12)7(8)6-2-9-4-13-6/h2-4,7H,8H2,1H3. The average Bonchev–Trinajstić information content (AvgIpc) is 2.72. The van der Waals surface area contributed by atoms with Crippen LogP contribution in [0.25, 0.3) is 0 Å². The smallest absolute Gasteiger partial charge is 0.105 e. The second-order valence-corrected chi connectivity index (χ2v) is 3.62. The number of nitrogens with two attached hydrogens (primary N) is 1. The summed E-state index contributed by atoms with van der Waals surface area (Å²) in [6, 6.07) is -0.207. The molecule has 5 nitrogen and oxygen atoms in total. The van der Waals surface area contributed by atoms with Crippen LogP contribution in [-0.2, 0) is 7.05 Å². The first kappa shape index (κ1) is 8.33. The lowest BCUT2D eigenvalue weighted by atomic mass is 10.2. The summed E-state index contributed by atoms with van der Waals surface area (Å²) in [5.41, 5.74) is 8.45. The van der Waals surface area contributed by atoms with Gasteiger partial charge in [0.2, 0.25) is 0 Å².